The lowest BCUT2D eigenvalue weighted by molar-refractivity contribution is -0.118. The fourth-order valence-corrected chi connectivity index (χ4v) is 2.93. The van der Waals surface area contributed by atoms with Crippen LogP contribution in [-0.4, -0.2) is 20.5 Å². The lowest BCUT2D eigenvalue weighted by Crippen LogP contribution is -2.08. The number of nitriles is 1. The van der Waals surface area contributed by atoms with Crippen molar-refractivity contribution in [2.75, 3.05) is 0 Å². The maximum absolute atomic E-state index is 12.3. The maximum Gasteiger partial charge on any atom is 0.140 e. The first-order valence-corrected chi connectivity index (χ1v) is 8.61. The summed E-state index contributed by atoms with van der Waals surface area (Å²) in [5, 5.41) is 13.9. The van der Waals surface area contributed by atoms with Gasteiger partial charge in [0.1, 0.15) is 17.5 Å². The molecule has 0 fully saturated rings. The molecule has 0 N–H and O–H groups in total. The average Bonchev–Trinajstić information content (AvgIpc) is 3.01. The van der Waals surface area contributed by atoms with E-state index in [0.717, 1.165) is 22.6 Å². The number of rotatable bonds is 6. The van der Waals surface area contributed by atoms with Crippen molar-refractivity contribution in [2.45, 2.75) is 26.2 Å². The second kappa shape index (κ2) is 7.94. The summed E-state index contributed by atoms with van der Waals surface area (Å²) in [4.78, 5) is 16.3. The predicted octanol–water partition coefficient (Wildman–Crippen LogP) is 3.85. The number of carbonyl (C=O) groups is 1. The third-order valence-electron chi connectivity index (χ3n) is 3.96. The van der Waals surface area contributed by atoms with Gasteiger partial charge >= 0.3 is 0 Å². The molecule has 0 unspecified atom stereocenters. The smallest absolute Gasteiger partial charge is 0.140 e. The largest absolute Gasteiger partial charge is 0.299 e. The lowest BCUT2D eigenvalue weighted by Gasteiger charge is -2.08. The third-order valence-corrected chi connectivity index (χ3v) is 4.19. The van der Waals surface area contributed by atoms with E-state index < -0.39 is 0 Å². The molecule has 1 aromatic carbocycles. The van der Waals surface area contributed by atoms with E-state index in [-0.39, 0.29) is 5.78 Å². The van der Waals surface area contributed by atoms with Crippen LogP contribution in [-0.2, 0) is 17.6 Å². The number of hydrogen-bond donors (Lipinski definition) is 0. The molecule has 2 heterocycles. The molecular formula is C20H17ClN4O. The van der Waals surface area contributed by atoms with Crippen molar-refractivity contribution in [1.29, 1.82) is 5.26 Å². The summed E-state index contributed by atoms with van der Waals surface area (Å²) in [6, 6.07) is 14.8. The van der Waals surface area contributed by atoms with Gasteiger partial charge in [0.15, 0.2) is 0 Å². The molecule has 0 aliphatic rings. The Bertz CT molecular complexity index is 970. The molecule has 0 saturated heterocycles. The Balaban J connectivity index is 1.68. The Morgan fingerprint density at radius 2 is 2.12 bits per heavy atom. The second-order valence-corrected chi connectivity index (χ2v) is 6.48. The van der Waals surface area contributed by atoms with Gasteiger partial charge in [-0.3, -0.25) is 4.79 Å². The van der Waals surface area contributed by atoms with Gasteiger partial charge in [-0.1, -0.05) is 23.7 Å². The third kappa shape index (κ3) is 4.35. The lowest BCUT2D eigenvalue weighted by atomic mass is 10.1. The van der Waals surface area contributed by atoms with Crippen LogP contribution in [0.2, 0.25) is 5.02 Å². The van der Waals surface area contributed by atoms with Crippen LogP contribution < -0.4 is 0 Å². The Hall–Kier alpha value is -2.97. The number of halogens is 1. The number of carbonyl (C=O) groups excluding carboxylic acids is 1. The average molecular weight is 365 g/mol. The molecule has 6 heteroatoms. The van der Waals surface area contributed by atoms with E-state index in [1.807, 2.05) is 48.0 Å². The standard InChI is InChI=1S/C20H17ClN4O/c1-14-9-19(25(24-14)18-4-2-3-16(21)11-18)7-8-20(26)10-15-5-6-17(12-22)23-13-15/h2-6,9,11,13H,7-8,10H2,1H3. The maximum atomic E-state index is 12.3. The van der Waals surface area contributed by atoms with E-state index in [0.29, 0.717) is 30.0 Å². The zero-order chi connectivity index (χ0) is 18.5. The number of hydrogen-bond acceptors (Lipinski definition) is 4. The molecule has 0 radical (unpaired) electrons. The predicted molar refractivity (Wildman–Crippen MR) is 99.3 cm³/mol. The van der Waals surface area contributed by atoms with Gasteiger partial charge in [-0.2, -0.15) is 10.4 Å². The van der Waals surface area contributed by atoms with E-state index in [1.165, 1.54) is 0 Å². The molecule has 0 bridgehead atoms. The van der Waals surface area contributed by atoms with E-state index in [4.69, 9.17) is 16.9 Å². The van der Waals surface area contributed by atoms with Gasteiger partial charge in [0.25, 0.3) is 0 Å². The fraction of sp³-hybridized carbons (Fsp3) is 0.200. The van der Waals surface area contributed by atoms with Crippen LogP contribution >= 0.6 is 11.6 Å². The quantitative estimate of drug-likeness (QED) is 0.666. The van der Waals surface area contributed by atoms with Gasteiger partial charge in [-0.05, 0) is 49.2 Å². The van der Waals surface area contributed by atoms with Crippen molar-refractivity contribution < 1.29 is 4.79 Å². The first-order chi connectivity index (χ1) is 12.5. The van der Waals surface area contributed by atoms with E-state index in [9.17, 15) is 4.79 Å². The summed E-state index contributed by atoms with van der Waals surface area (Å²) >= 11 is 6.07. The number of nitrogens with zero attached hydrogens (tertiary/aromatic N) is 4. The van der Waals surface area contributed by atoms with Gasteiger partial charge in [0.2, 0.25) is 0 Å². The Labute approximate surface area is 156 Å². The summed E-state index contributed by atoms with van der Waals surface area (Å²) in [5.74, 6) is 0.119. The Morgan fingerprint density at radius 3 is 2.81 bits per heavy atom. The minimum absolute atomic E-state index is 0.119. The molecular weight excluding hydrogens is 348 g/mol. The van der Waals surface area contributed by atoms with Crippen LogP contribution in [0.25, 0.3) is 5.69 Å². The Morgan fingerprint density at radius 1 is 1.27 bits per heavy atom. The molecule has 2 aromatic heterocycles. The molecule has 3 rings (SSSR count). The number of benzene rings is 1. The first-order valence-electron chi connectivity index (χ1n) is 8.23. The van der Waals surface area contributed by atoms with Gasteiger partial charge in [-0.25, -0.2) is 9.67 Å². The highest BCUT2D eigenvalue weighted by atomic mass is 35.5. The molecule has 0 spiro atoms. The minimum atomic E-state index is 0.119. The minimum Gasteiger partial charge on any atom is -0.299 e. The van der Waals surface area contributed by atoms with Gasteiger partial charge in [0, 0.05) is 29.8 Å². The zero-order valence-corrected chi connectivity index (χ0v) is 15.1. The zero-order valence-electron chi connectivity index (χ0n) is 14.3. The van der Waals surface area contributed by atoms with Gasteiger partial charge < -0.3 is 0 Å². The van der Waals surface area contributed by atoms with E-state index >= 15 is 0 Å². The van der Waals surface area contributed by atoms with Gasteiger partial charge in [-0.15, -0.1) is 0 Å². The highest BCUT2D eigenvalue weighted by Gasteiger charge is 2.11. The molecule has 130 valence electrons. The summed E-state index contributed by atoms with van der Waals surface area (Å²) in [6.45, 7) is 1.93. The van der Waals surface area contributed by atoms with E-state index in [1.54, 1.807) is 18.3 Å². The number of aromatic nitrogens is 3. The van der Waals surface area contributed by atoms with Crippen molar-refractivity contribution in [3.63, 3.8) is 0 Å². The Kier molecular flexibility index (Phi) is 5.45. The highest BCUT2D eigenvalue weighted by molar-refractivity contribution is 6.30. The second-order valence-electron chi connectivity index (χ2n) is 6.05. The summed E-state index contributed by atoms with van der Waals surface area (Å²) < 4.78 is 1.83. The first kappa shape index (κ1) is 17.8. The van der Waals surface area contributed by atoms with Crippen molar-refractivity contribution in [3.05, 3.63) is 76.3 Å². The van der Waals surface area contributed by atoms with Crippen LogP contribution in [0.5, 0.6) is 0 Å². The van der Waals surface area contributed by atoms with Crippen LogP contribution in [0.1, 0.15) is 29.1 Å². The van der Waals surface area contributed by atoms with Crippen LogP contribution in [0.3, 0.4) is 0 Å². The van der Waals surface area contributed by atoms with Crippen LogP contribution in [0.15, 0.2) is 48.7 Å². The van der Waals surface area contributed by atoms with Crippen molar-refractivity contribution >= 4 is 17.4 Å². The SMILES string of the molecule is Cc1cc(CCC(=O)Cc2ccc(C#N)nc2)n(-c2cccc(Cl)c2)n1. The molecule has 3 aromatic rings. The van der Waals surface area contributed by atoms with Crippen LogP contribution in [0, 0.1) is 18.3 Å². The molecule has 0 atom stereocenters. The molecule has 0 saturated carbocycles. The summed E-state index contributed by atoms with van der Waals surface area (Å²) in [5.41, 5.74) is 3.90. The number of aryl methyl sites for hydroxylation is 2. The molecule has 0 aliphatic carbocycles. The number of Topliss-reactive ketones (excluding diaryl/α,β-unsaturated/α-hetero) is 1. The fourth-order valence-electron chi connectivity index (χ4n) is 2.74. The summed E-state index contributed by atoms with van der Waals surface area (Å²) in [7, 11) is 0. The number of ketones is 1. The highest BCUT2D eigenvalue weighted by Crippen LogP contribution is 2.18. The molecule has 0 aliphatic heterocycles. The normalized spacial score (nSPS) is 10.5. The topological polar surface area (TPSA) is 71.6 Å². The van der Waals surface area contributed by atoms with Crippen LogP contribution in [0.4, 0.5) is 0 Å². The van der Waals surface area contributed by atoms with E-state index in [2.05, 4.69) is 10.1 Å². The monoisotopic (exact) mass is 364 g/mol. The van der Waals surface area contributed by atoms with Crippen molar-refractivity contribution in [3.8, 4) is 11.8 Å². The van der Waals surface area contributed by atoms with Crippen molar-refractivity contribution in [2.24, 2.45) is 0 Å². The van der Waals surface area contributed by atoms with Gasteiger partial charge in [0.05, 0.1) is 11.4 Å². The molecule has 0 amide bonds. The molecule has 5 nitrogen and oxygen atoms in total. The summed E-state index contributed by atoms with van der Waals surface area (Å²) in [6.07, 6.45) is 2.89. The molecule has 26 heavy (non-hydrogen) atoms. The number of pyridine rings is 1. The van der Waals surface area contributed by atoms with Crippen molar-refractivity contribution in [1.82, 2.24) is 14.8 Å².